The number of rotatable bonds is 4. The van der Waals surface area contributed by atoms with Crippen LogP contribution in [0.15, 0.2) is 30.3 Å². The van der Waals surface area contributed by atoms with Crippen molar-refractivity contribution in [1.82, 2.24) is 5.43 Å². The van der Waals surface area contributed by atoms with E-state index in [1.165, 1.54) is 18.4 Å². The fraction of sp³-hybridized carbons (Fsp3) is 0.600. The molecule has 3 atom stereocenters. The maximum absolute atomic E-state index is 5.91. The Morgan fingerprint density at radius 1 is 1.39 bits per heavy atom. The number of benzene rings is 1. The summed E-state index contributed by atoms with van der Waals surface area (Å²) in [5.41, 5.74) is 4.01. The number of ether oxygens (including phenoxy) is 1. The molecule has 0 saturated heterocycles. The van der Waals surface area contributed by atoms with E-state index < -0.39 is 0 Å². The van der Waals surface area contributed by atoms with Gasteiger partial charge >= 0.3 is 0 Å². The van der Waals surface area contributed by atoms with Crippen LogP contribution >= 0.6 is 0 Å². The molecule has 0 amide bonds. The Morgan fingerprint density at radius 2 is 2.11 bits per heavy atom. The molecule has 1 aromatic rings. The molecule has 3 heteroatoms. The van der Waals surface area contributed by atoms with Gasteiger partial charge in [0.05, 0.1) is 11.6 Å². The van der Waals surface area contributed by atoms with Crippen LogP contribution in [0.25, 0.3) is 0 Å². The fourth-order valence-corrected chi connectivity index (χ4v) is 3.31. The molecule has 1 saturated carbocycles. The highest BCUT2D eigenvalue weighted by molar-refractivity contribution is 5.22. The first-order valence-electron chi connectivity index (χ1n) is 6.78. The largest absolute Gasteiger partial charge is 0.376 e. The maximum atomic E-state index is 5.91. The van der Waals surface area contributed by atoms with Crippen molar-refractivity contribution in [3.8, 4) is 0 Å². The summed E-state index contributed by atoms with van der Waals surface area (Å²) in [7, 11) is 1.81. The van der Waals surface area contributed by atoms with Gasteiger partial charge in [-0.15, -0.1) is 0 Å². The van der Waals surface area contributed by atoms with Crippen molar-refractivity contribution in [3.05, 3.63) is 35.9 Å². The first-order chi connectivity index (χ1) is 8.72. The molecule has 3 unspecified atom stereocenters. The van der Waals surface area contributed by atoms with E-state index in [0.29, 0.717) is 5.92 Å². The predicted octanol–water partition coefficient (Wildman–Crippen LogP) is 2.79. The van der Waals surface area contributed by atoms with Crippen LogP contribution < -0.4 is 11.3 Å². The molecule has 3 N–H and O–H groups in total. The highest BCUT2D eigenvalue weighted by Crippen LogP contribution is 2.42. The molecular formula is C15H24N2O. The summed E-state index contributed by atoms with van der Waals surface area (Å²) < 4.78 is 5.91. The van der Waals surface area contributed by atoms with Gasteiger partial charge in [-0.05, 0) is 24.3 Å². The average molecular weight is 248 g/mol. The molecule has 2 rings (SSSR count). The van der Waals surface area contributed by atoms with Gasteiger partial charge in [0, 0.05) is 7.11 Å². The molecule has 0 spiro atoms. The second-order valence-electron chi connectivity index (χ2n) is 5.48. The molecule has 1 aliphatic rings. The molecule has 100 valence electrons. The first-order valence-corrected chi connectivity index (χ1v) is 6.78. The number of hydrazine groups is 1. The summed E-state index contributed by atoms with van der Waals surface area (Å²) in [5.74, 6) is 6.50. The van der Waals surface area contributed by atoms with Crippen LogP contribution in [0, 0.1) is 5.92 Å². The average Bonchev–Trinajstić information content (AvgIpc) is 2.41. The summed E-state index contributed by atoms with van der Waals surface area (Å²) in [6, 6.07) is 10.4. The van der Waals surface area contributed by atoms with Crippen LogP contribution in [0.2, 0.25) is 0 Å². The van der Waals surface area contributed by atoms with Gasteiger partial charge in [-0.25, -0.2) is 0 Å². The molecule has 1 fully saturated rings. The summed E-state index contributed by atoms with van der Waals surface area (Å²) in [6.45, 7) is 2.30. The predicted molar refractivity (Wildman–Crippen MR) is 73.9 cm³/mol. The number of nitrogens with two attached hydrogens (primary N) is 1. The topological polar surface area (TPSA) is 47.3 Å². The monoisotopic (exact) mass is 248 g/mol. The highest BCUT2D eigenvalue weighted by Gasteiger charge is 2.42. The Hall–Kier alpha value is -0.900. The second-order valence-corrected chi connectivity index (χ2v) is 5.48. The van der Waals surface area contributed by atoms with Crippen molar-refractivity contribution in [3.63, 3.8) is 0 Å². The van der Waals surface area contributed by atoms with Crippen LogP contribution in [-0.4, -0.2) is 12.7 Å². The third-order valence-electron chi connectivity index (χ3n) is 4.22. The van der Waals surface area contributed by atoms with E-state index in [-0.39, 0.29) is 11.6 Å². The second kappa shape index (κ2) is 5.83. The van der Waals surface area contributed by atoms with Gasteiger partial charge in [-0.1, -0.05) is 50.1 Å². The van der Waals surface area contributed by atoms with Gasteiger partial charge in [0.1, 0.15) is 0 Å². The van der Waals surface area contributed by atoms with Crippen LogP contribution in [0.1, 0.15) is 44.2 Å². The van der Waals surface area contributed by atoms with E-state index in [4.69, 9.17) is 10.6 Å². The van der Waals surface area contributed by atoms with Gasteiger partial charge in [-0.2, -0.15) is 0 Å². The zero-order valence-corrected chi connectivity index (χ0v) is 11.4. The molecule has 0 aliphatic heterocycles. The zero-order valence-electron chi connectivity index (χ0n) is 11.4. The first kappa shape index (κ1) is 13.5. The van der Waals surface area contributed by atoms with Crippen LogP contribution in [0.5, 0.6) is 0 Å². The minimum absolute atomic E-state index is 0.0615. The smallest absolute Gasteiger partial charge is 0.0888 e. The highest BCUT2D eigenvalue weighted by atomic mass is 16.5. The molecular weight excluding hydrogens is 224 g/mol. The van der Waals surface area contributed by atoms with E-state index in [1.807, 2.05) is 13.2 Å². The molecule has 3 nitrogen and oxygen atoms in total. The Balaban J connectivity index is 2.29. The minimum Gasteiger partial charge on any atom is -0.376 e. The number of hydrogen-bond acceptors (Lipinski definition) is 3. The molecule has 18 heavy (non-hydrogen) atoms. The van der Waals surface area contributed by atoms with E-state index in [0.717, 1.165) is 12.8 Å². The third kappa shape index (κ3) is 2.58. The van der Waals surface area contributed by atoms with Crippen molar-refractivity contribution in [1.29, 1.82) is 0 Å². The lowest BCUT2D eigenvalue weighted by Gasteiger charge is -2.44. The summed E-state index contributed by atoms with van der Waals surface area (Å²) in [4.78, 5) is 0. The van der Waals surface area contributed by atoms with Gasteiger partial charge in [-0.3, -0.25) is 11.3 Å². The lowest BCUT2D eigenvalue weighted by molar-refractivity contribution is -0.0806. The van der Waals surface area contributed by atoms with E-state index in [9.17, 15) is 0 Å². The maximum Gasteiger partial charge on any atom is 0.0888 e. The van der Waals surface area contributed by atoms with Gasteiger partial charge in [0.15, 0.2) is 0 Å². The lowest BCUT2D eigenvalue weighted by atomic mass is 9.73. The standard InChI is InChI=1S/C15H24N2O/c1-12-7-6-10-15(11-12,18-2)14(17-16)13-8-4-3-5-9-13/h3-5,8-9,12,14,17H,6-7,10-11,16H2,1-2H3. The molecule has 1 aromatic carbocycles. The molecule has 0 bridgehead atoms. The van der Waals surface area contributed by atoms with Gasteiger partial charge in [0.2, 0.25) is 0 Å². The van der Waals surface area contributed by atoms with Gasteiger partial charge < -0.3 is 4.74 Å². The summed E-state index contributed by atoms with van der Waals surface area (Å²) >= 11 is 0. The van der Waals surface area contributed by atoms with Crippen molar-refractivity contribution < 1.29 is 4.74 Å². The minimum atomic E-state index is -0.173. The summed E-state index contributed by atoms with van der Waals surface area (Å²) in [6.07, 6.45) is 4.63. The van der Waals surface area contributed by atoms with Crippen molar-refractivity contribution in [2.24, 2.45) is 11.8 Å². The van der Waals surface area contributed by atoms with Crippen molar-refractivity contribution in [2.75, 3.05) is 7.11 Å². The number of methoxy groups -OCH3 is 1. The SMILES string of the molecule is COC1(C(NN)c2ccccc2)CCCC(C)C1. The Morgan fingerprint density at radius 3 is 2.67 bits per heavy atom. The molecule has 0 heterocycles. The molecule has 1 aliphatic carbocycles. The lowest BCUT2D eigenvalue weighted by Crippen LogP contribution is -2.50. The fourth-order valence-electron chi connectivity index (χ4n) is 3.31. The van der Waals surface area contributed by atoms with Crippen LogP contribution in [-0.2, 0) is 4.74 Å². The van der Waals surface area contributed by atoms with E-state index >= 15 is 0 Å². The molecule has 0 radical (unpaired) electrons. The van der Waals surface area contributed by atoms with E-state index in [1.54, 1.807) is 0 Å². The Kier molecular flexibility index (Phi) is 4.38. The van der Waals surface area contributed by atoms with Crippen LogP contribution in [0.3, 0.4) is 0 Å². The van der Waals surface area contributed by atoms with Crippen molar-refractivity contribution >= 4 is 0 Å². The van der Waals surface area contributed by atoms with Gasteiger partial charge in [0.25, 0.3) is 0 Å². The Bertz CT molecular complexity index is 368. The van der Waals surface area contributed by atoms with Crippen LogP contribution in [0.4, 0.5) is 0 Å². The zero-order chi connectivity index (χ0) is 13.0. The Labute approximate surface area is 110 Å². The van der Waals surface area contributed by atoms with E-state index in [2.05, 4.69) is 36.6 Å². The number of hydrogen-bond donors (Lipinski definition) is 2. The quantitative estimate of drug-likeness (QED) is 0.636. The number of nitrogens with one attached hydrogen (secondary N) is 1. The third-order valence-corrected chi connectivity index (χ3v) is 4.22. The normalized spacial score (nSPS) is 30.1. The molecule has 0 aromatic heterocycles. The van der Waals surface area contributed by atoms with Crippen molar-refractivity contribution in [2.45, 2.75) is 44.2 Å². The summed E-state index contributed by atoms with van der Waals surface area (Å²) in [5, 5.41) is 0.